The molecule has 0 radical (unpaired) electrons. The zero-order valence-corrected chi connectivity index (χ0v) is 18.8. The van der Waals surface area contributed by atoms with Crippen molar-refractivity contribution in [3.8, 4) is 5.75 Å². The number of carbonyl (C=O) groups is 1. The van der Waals surface area contributed by atoms with Gasteiger partial charge in [-0.3, -0.25) is 4.79 Å². The van der Waals surface area contributed by atoms with E-state index in [1.165, 1.54) is 34.6 Å². The van der Waals surface area contributed by atoms with Crippen LogP contribution in [0.4, 0.5) is 18.9 Å². The van der Waals surface area contributed by atoms with Crippen molar-refractivity contribution in [2.75, 3.05) is 25.0 Å². The monoisotopic (exact) mass is 490 g/mol. The first-order valence-corrected chi connectivity index (χ1v) is 11.7. The highest BCUT2D eigenvalue weighted by Crippen LogP contribution is 2.30. The Bertz CT molecular complexity index is 1100. The third-order valence-electron chi connectivity index (χ3n) is 4.90. The number of anilines is 1. The van der Waals surface area contributed by atoms with Gasteiger partial charge in [-0.15, -0.1) is 0 Å². The Balaban J connectivity index is 1.86. The molecule has 2 aromatic rings. The van der Waals surface area contributed by atoms with Crippen molar-refractivity contribution >= 4 is 33.2 Å². The highest BCUT2D eigenvalue weighted by molar-refractivity contribution is 7.89. The van der Waals surface area contributed by atoms with Crippen molar-refractivity contribution in [1.82, 2.24) is 4.31 Å². The lowest BCUT2D eigenvalue weighted by Crippen LogP contribution is -2.35. The van der Waals surface area contributed by atoms with Crippen LogP contribution in [0.5, 0.6) is 5.75 Å². The fourth-order valence-electron chi connectivity index (χ4n) is 3.29. The van der Waals surface area contributed by atoms with Gasteiger partial charge in [-0.05, 0) is 55.7 Å². The van der Waals surface area contributed by atoms with E-state index in [9.17, 15) is 26.4 Å². The Morgan fingerprint density at radius 1 is 1.12 bits per heavy atom. The summed E-state index contributed by atoms with van der Waals surface area (Å²) in [5.74, 6) is -0.858. The van der Waals surface area contributed by atoms with E-state index in [4.69, 9.17) is 16.3 Å². The van der Waals surface area contributed by atoms with Crippen LogP contribution in [0.25, 0.3) is 0 Å². The van der Waals surface area contributed by atoms with E-state index in [0.29, 0.717) is 18.7 Å². The maximum Gasteiger partial charge on any atom is 0.422 e. The lowest BCUT2D eigenvalue weighted by atomic mass is 10.1. The molecule has 1 N–H and O–H groups in total. The molecule has 1 fully saturated rings. The van der Waals surface area contributed by atoms with E-state index in [2.05, 4.69) is 5.32 Å². The second kappa shape index (κ2) is 9.68. The van der Waals surface area contributed by atoms with Gasteiger partial charge in [-0.2, -0.15) is 17.5 Å². The summed E-state index contributed by atoms with van der Waals surface area (Å²) in [5.41, 5.74) is 0.661. The number of carbonyl (C=O) groups excluding carboxylic acids is 1. The number of nitrogens with zero attached hydrogens (tertiary/aromatic N) is 1. The summed E-state index contributed by atoms with van der Waals surface area (Å²) in [6.07, 6.45) is -2.12. The number of alkyl halides is 3. The largest absolute Gasteiger partial charge is 0.482 e. The number of rotatable bonds is 6. The van der Waals surface area contributed by atoms with Crippen molar-refractivity contribution in [1.29, 1.82) is 0 Å². The highest BCUT2D eigenvalue weighted by atomic mass is 35.5. The molecule has 1 saturated heterocycles. The Hall–Kier alpha value is -2.30. The summed E-state index contributed by atoms with van der Waals surface area (Å²) >= 11 is 6.13. The zero-order valence-electron chi connectivity index (χ0n) is 17.2. The van der Waals surface area contributed by atoms with E-state index in [1.54, 1.807) is 13.0 Å². The fraction of sp³-hybridized carbons (Fsp3) is 0.381. The Morgan fingerprint density at radius 3 is 2.47 bits per heavy atom. The van der Waals surface area contributed by atoms with Crippen LogP contribution in [-0.2, 0) is 10.0 Å². The molecule has 0 bridgehead atoms. The van der Waals surface area contributed by atoms with Gasteiger partial charge in [0.05, 0.1) is 10.7 Å². The zero-order chi connectivity index (χ0) is 23.5. The van der Waals surface area contributed by atoms with Crippen molar-refractivity contribution in [2.24, 2.45) is 0 Å². The predicted octanol–water partition coefficient (Wildman–Crippen LogP) is 5.02. The number of hydrogen-bond acceptors (Lipinski definition) is 4. The average molecular weight is 491 g/mol. The minimum absolute atomic E-state index is 0.00710. The van der Waals surface area contributed by atoms with Crippen molar-refractivity contribution in [3.63, 3.8) is 0 Å². The van der Waals surface area contributed by atoms with Crippen LogP contribution >= 0.6 is 11.6 Å². The molecule has 0 aromatic heterocycles. The third-order valence-corrected chi connectivity index (χ3v) is 7.28. The van der Waals surface area contributed by atoms with E-state index in [0.717, 1.165) is 19.3 Å². The molecule has 0 unspecified atom stereocenters. The lowest BCUT2D eigenvalue weighted by Gasteiger charge is -2.26. The first kappa shape index (κ1) is 24.3. The summed E-state index contributed by atoms with van der Waals surface area (Å²) in [6.45, 7) is 0.901. The summed E-state index contributed by atoms with van der Waals surface area (Å²) in [5, 5.41) is 2.47. The molecule has 2 aromatic carbocycles. The predicted molar refractivity (Wildman–Crippen MR) is 115 cm³/mol. The number of nitrogens with one attached hydrogen (secondary N) is 1. The molecule has 1 amide bonds. The molecule has 0 saturated carbocycles. The average Bonchev–Trinajstić information content (AvgIpc) is 2.74. The number of hydrogen-bond donors (Lipinski definition) is 1. The summed E-state index contributed by atoms with van der Waals surface area (Å²) in [6, 6.07) is 8.22. The van der Waals surface area contributed by atoms with Crippen LogP contribution < -0.4 is 10.1 Å². The summed E-state index contributed by atoms with van der Waals surface area (Å²) in [7, 11) is -3.89. The molecule has 1 aliphatic heterocycles. The van der Waals surface area contributed by atoms with Crippen molar-refractivity contribution < 1.29 is 31.1 Å². The van der Waals surface area contributed by atoms with Crippen molar-refractivity contribution in [3.05, 3.63) is 52.5 Å². The first-order valence-electron chi connectivity index (χ1n) is 9.88. The Kier molecular flexibility index (Phi) is 7.36. The van der Waals surface area contributed by atoms with Gasteiger partial charge in [0.1, 0.15) is 10.6 Å². The highest BCUT2D eigenvalue weighted by Gasteiger charge is 2.30. The quantitative estimate of drug-likeness (QED) is 0.617. The number of aryl methyl sites for hydroxylation is 1. The van der Waals surface area contributed by atoms with Gasteiger partial charge in [-0.1, -0.05) is 24.1 Å². The van der Waals surface area contributed by atoms with Crippen LogP contribution in [0.3, 0.4) is 0 Å². The smallest absolute Gasteiger partial charge is 0.422 e. The molecule has 0 aliphatic carbocycles. The minimum Gasteiger partial charge on any atom is -0.482 e. The SMILES string of the molecule is Cc1ccc(NC(=O)c2ccc(Cl)c(S(=O)(=O)N3CCCCC3)c2)c(OCC(F)(F)F)c1. The standard InChI is InChI=1S/C21H22ClF3N2O4S/c1-14-5-8-17(18(11-14)31-13-21(23,24)25)26-20(28)15-6-7-16(22)19(12-15)32(29,30)27-9-3-2-4-10-27/h5-8,11-12H,2-4,9-10,13H2,1H3,(H,26,28). The minimum atomic E-state index is -4.54. The fourth-order valence-corrected chi connectivity index (χ4v) is 5.31. The molecule has 0 atom stereocenters. The first-order chi connectivity index (χ1) is 15.0. The van der Waals surface area contributed by atoms with Gasteiger partial charge in [0.2, 0.25) is 10.0 Å². The number of halogens is 4. The number of piperidine rings is 1. The summed E-state index contributed by atoms with van der Waals surface area (Å²) in [4.78, 5) is 12.6. The lowest BCUT2D eigenvalue weighted by molar-refractivity contribution is -0.153. The molecule has 1 heterocycles. The maximum atomic E-state index is 13.0. The van der Waals surface area contributed by atoms with Crippen LogP contribution in [0.15, 0.2) is 41.3 Å². The van der Waals surface area contributed by atoms with Crippen LogP contribution in [-0.4, -0.2) is 44.5 Å². The Morgan fingerprint density at radius 2 is 1.81 bits per heavy atom. The van der Waals surface area contributed by atoms with Crippen LogP contribution in [0.2, 0.25) is 5.02 Å². The molecule has 32 heavy (non-hydrogen) atoms. The molecule has 11 heteroatoms. The van der Waals surface area contributed by atoms with E-state index < -0.39 is 28.7 Å². The van der Waals surface area contributed by atoms with Crippen LogP contribution in [0, 0.1) is 6.92 Å². The molecule has 1 aliphatic rings. The molecule has 0 spiro atoms. The number of benzene rings is 2. The van der Waals surface area contributed by atoms with E-state index >= 15 is 0 Å². The van der Waals surface area contributed by atoms with Gasteiger partial charge >= 0.3 is 6.18 Å². The van der Waals surface area contributed by atoms with Gasteiger partial charge < -0.3 is 10.1 Å². The molecular weight excluding hydrogens is 469 g/mol. The van der Waals surface area contributed by atoms with E-state index in [-0.39, 0.29) is 26.9 Å². The number of amides is 1. The van der Waals surface area contributed by atoms with Gasteiger partial charge in [0.25, 0.3) is 5.91 Å². The maximum absolute atomic E-state index is 13.0. The number of ether oxygens (including phenoxy) is 1. The molecule has 3 rings (SSSR count). The topological polar surface area (TPSA) is 75.7 Å². The molecular formula is C21H22ClF3N2O4S. The Labute approximate surface area is 189 Å². The van der Waals surface area contributed by atoms with Gasteiger partial charge in [0, 0.05) is 18.7 Å². The van der Waals surface area contributed by atoms with Gasteiger partial charge in [-0.25, -0.2) is 8.42 Å². The third kappa shape index (κ3) is 5.93. The van der Waals surface area contributed by atoms with E-state index in [1.807, 2.05) is 0 Å². The van der Waals surface area contributed by atoms with Crippen molar-refractivity contribution in [2.45, 2.75) is 37.3 Å². The van der Waals surface area contributed by atoms with Gasteiger partial charge in [0.15, 0.2) is 6.61 Å². The number of sulfonamides is 1. The normalized spacial score (nSPS) is 15.4. The molecule has 6 nitrogen and oxygen atoms in total. The second-order valence-electron chi connectivity index (χ2n) is 7.47. The second-order valence-corrected chi connectivity index (χ2v) is 9.78. The van der Waals surface area contributed by atoms with Crippen LogP contribution in [0.1, 0.15) is 35.2 Å². The molecule has 174 valence electrons. The summed E-state index contributed by atoms with van der Waals surface area (Å²) < 4.78 is 69.8.